The number of hydrogen-bond acceptors (Lipinski definition) is 11. The van der Waals surface area contributed by atoms with Gasteiger partial charge < -0.3 is 29.7 Å². The molecular formula is C29H37N5O7S. The molecule has 12 nitrogen and oxygen atoms in total. The van der Waals surface area contributed by atoms with Crippen LogP contribution in [0.4, 0.5) is 22.1 Å². The van der Waals surface area contributed by atoms with Gasteiger partial charge in [0.05, 0.1) is 38.3 Å². The van der Waals surface area contributed by atoms with E-state index in [-0.39, 0.29) is 6.61 Å². The zero-order chi connectivity index (χ0) is 30.2. The van der Waals surface area contributed by atoms with Crippen molar-refractivity contribution in [2.75, 3.05) is 55.9 Å². The van der Waals surface area contributed by atoms with E-state index >= 15 is 0 Å². The average Bonchev–Trinajstić information content (AvgIpc) is 2.94. The first kappa shape index (κ1) is 31.0. The van der Waals surface area contributed by atoms with Crippen molar-refractivity contribution < 1.29 is 31.6 Å². The van der Waals surface area contributed by atoms with Gasteiger partial charge in [-0.25, -0.2) is 14.8 Å². The number of hydrogen-bond donors (Lipinski definition) is 2. The first-order valence-corrected chi connectivity index (χ1v) is 15.4. The zero-order valence-corrected chi connectivity index (χ0v) is 25.1. The van der Waals surface area contributed by atoms with Gasteiger partial charge in [-0.15, -0.1) is 0 Å². The lowest BCUT2D eigenvalue weighted by Gasteiger charge is -2.30. The second kappa shape index (κ2) is 13.8. The lowest BCUT2D eigenvalue weighted by atomic mass is 10.1. The largest absolute Gasteiger partial charge is 0.492 e. The highest BCUT2D eigenvalue weighted by Crippen LogP contribution is 2.28. The Kier molecular flexibility index (Phi) is 10.2. The second-order valence-electron chi connectivity index (χ2n) is 10.6. The molecule has 2 aromatic carbocycles. The van der Waals surface area contributed by atoms with E-state index in [1.165, 1.54) is 0 Å². The minimum absolute atomic E-state index is 0.0899. The Bertz CT molecular complexity index is 1450. The summed E-state index contributed by atoms with van der Waals surface area (Å²) < 4.78 is 44.8. The Morgan fingerprint density at radius 2 is 1.81 bits per heavy atom. The molecule has 1 aliphatic heterocycles. The molecule has 1 amide bonds. The second-order valence-corrected chi connectivity index (χ2v) is 12.2. The number of amides is 1. The highest BCUT2D eigenvalue weighted by atomic mass is 32.2. The van der Waals surface area contributed by atoms with Crippen molar-refractivity contribution in [3.63, 3.8) is 0 Å². The molecule has 0 spiro atoms. The van der Waals surface area contributed by atoms with E-state index in [4.69, 9.17) is 18.4 Å². The number of anilines is 3. The van der Waals surface area contributed by atoms with Crippen LogP contribution in [0.1, 0.15) is 26.3 Å². The zero-order valence-electron chi connectivity index (χ0n) is 24.3. The van der Waals surface area contributed by atoms with E-state index < -0.39 is 21.8 Å². The number of carbonyl (C=O) groups is 1. The fraction of sp³-hybridized carbons (Fsp3) is 0.414. The number of rotatable bonds is 11. The Morgan fingerprint density at radius 1 is 1.07 bits per heavy atom. The van der Waals surface area contributed by atoms with Crippen molar-refractivity contribution in [2.45, 2.75) is 33.0 Å². The average molecular weight is 600 g/mol. The third kappa shape index (κ3) is 9.86. The minimum atomic E-state index is -3.62. The summed E-state index contributed by atoms with van der Waals surface area (Å²) in [5, 5.41) is 5.87. The lowest BCUT2D eigenvalue weighted by molar-refractivity contribution is 0.0520. The summed E-state index contributed by atoms with van der Waals surface area (Å²) >= 11 is 0. The monoisotopic (exact) mass is 599 g/mol. The van der Waals surface area contributed by atoms with Crippen molar-refractivity contribution >= 4 is 33.5 Å². The smallest absolute Gasteiger partial charge is 0.407 e. The van der Waals surface area contributed by atoms with Gasteiger partial charge in [-0.05, 0) is 69.3 Å². The van der Waals surface area contributed by atoms with Crippen molar-refractivity contribution in [1.29, 1.82) is 0 Å². The maximum absolute atomic E-state index is 11.7. The van der Waals surface area contributed by atoms with Gasteiger partial charge >= 0.3 is 6.09 Å². The molecule has 2 heterocycles. The van der Waals surface area contributed by atoms with E-state index in [1.807, 2.05) is 42.5 Å². The van der Waals surface area contributed by atoms with E-state index in [9.17, 15) is 13.2 Å². The van der Waals surface area contributed by atoms with Crippen LogP contribution in [0.15, 0.2) is 54.7 Å². The van der Waals surface area contributed by atoms with Crippen molar-refractivity contribution in [3.05, 3.63) is 60.3 Å². The summed E-state index contributed by atoms with van der Waals surface area (Å²) in [5.74, 6) is 1.04. The van der Waals surface area contributed by atoms with E-state index in [0.717, 1.165) is 23.1 Å². The van der Waals surface area contributed by atoms with Crippen LogP contribution in [0.3, 0.4) is 0 Å². The van der Waals surface area contributed by atoms with Gasteiger partial charge in [0.15, 0.2) is 0 Å². The summed E-state index contributed by atoms with van der Waals surface area (Å²) in [7, 11) is -3.62. The molecule has 1 aromatic heterocycles. The quantitative estimate of drug-likeness (QED) is 0.243. The van der Waals surface area contributed by atoms with Gasteiger partial charge in [-0.1, -0.05) is 0 Å². The number of nitrogens with one attached hydrogen (secondary N) is 2. The van der Waals surface area contributed by atoms with Crippen LogP contribution in [-0.2, 0) is 30.4 Å². The number of morpholine rings is 1. The molecule has 0 aliphatic carbocycles. The van der Waals surface area contributed by atoms with Gasteiger partial charge in [0, 0.05) is 41.8 Å². The number of carbonyl (C=O) groups excluding carboxylic acids is 1. The minimum Gasteiger partial charge on any atom is -0.492 e. The van der Waals surface area contributed by atoms with Crippen molar-refractivity contribution in [1.82, 2.24) is 15.3 Å². The molecule has 0 saturated carbocycles. The van der Waals surface area contributed by atoms with Crippen LogP contribution >= 0.6 is 0 Å². The van der Waals surface area contributed by atoms with Gasteiger partial charge in [-0.2, -0.15) is 8.42 Å². The summed E-state index contributed by atoms with van der Waals surface area (Å²) in [6.45, 7) is 8.55. The topological polar surface area (TPSA) is 141 Å². The Morgan fingerprint density at radius 3 is 2.50 bits per heavy atom. The van der Waals surface area contributed by atoms with E-state index in [0.29, 0.717) is 62.5 Å². The number of aromatic nitrogens is 2. The summed E-state index contributed by atoms with van der Waals surface area (Å²) in [6.07, 6.45) is 2.21. The third-order valence-electron chi connectivity index (χ3n) is 5.96. The Balaban J connectivity index is 1.39. The molecule has 13 heteroatoms. The van der Waals surface area contributed by atoms with E-state index in [1.54, 1.807) is 33.0 Å². The highest BCUT2D eigenvalue weighted by Gasteiger charge is 2.18. The van der Waals surface area contributed by atoms with Gasteiger partial charge in [-0.3, -0.25) is 4.18 Å². The first-order chi connectivity index (χ1) is 19.9. The van der Waals surface area contributed by atoms with Crippen LogP contribution in [0, 0.1) is 0 Å². The van der Waals surface area contributed by atoms with Crippen molar-refractivity contribution in [3.8, 4) is 17.0 Å². The molecule has 42 heavy (non-hydrogen) atoms. The Labute approximate surface area is 246 Å². The fourth-order valence-electron chi connectivity index (χ4n) is 4.13. The third-order valence-corrected chi connectivity index (χ3v) is 6.51. The molecule has 0 atom stereocenters. The Hall–Kier alpha value is -3.94. The molecule has 0 unspecified atom stereocenters. The summed E-state index contributed by atoms with van der Waals surface area (Å²) in [6, 6.07) is 14.9. The molecule has 0 bridgehead atoms. The maximum atomic E-state index is 11.7. The molecule has 4 rings (SSSR count). The van der Waals surface area contributed by atoms with Crippen LogP contribution in [0.2, 0.25) is 0 Å². The van der Waals surface area contributed by atoms with Gasteiger partial charge in [0.1, 0.15) is 18.0 Å². The van der Waals surface area contributed by atoms with Crippen LogP contribution in [-0.4, -0.2) is 75.8 Å². The normalized spacial score (nSPS) is 13.9. The summed E-state index contributed by atoms with van der Waals surface area (Å²) in [5.41, 5.74) is 3.33. The molecule has 0 radical (unpaired) electrons. The molecule has 3 aromatic rings. The maximum Gasteiger partial charge on any atom is 0.407 e. The standard InChI is InChI=1S/C29H37N5O7S/c1-29(2,3)41-28(35)31-13-16-39-24-8-5-21(6-9-24)25-11-12-30-27(33-25)32-23-7-10-26(34-14-17-38-18-15-34)22(19-23)20-40-42(4,36)37/h5-12,19H,13-18,20H2,1-4H3,(H,31,35)(H,30,32,33). The number of ether oxygens (including phenoxy) is 3. The fourth-order valence-corrected chi connectivity index (χ4v) is 4.47. The van der Waals surface area contributed by atoms with E-state index in [2.05, 4.69) is 25.5 Å². The number of benzene rings is 2. The molecule has 1 fully saturated rings. The number of nitrogens with zero attached hydrogens (tertiary/aromatic N) is 3. The van der Waals surface area contributed by atoms with Crippen LogP contribution in [0.25, 0.3) is 11.3 Å². The molecule has 1 saturated heterocycles. The lowest BCUT2D eigenvalue weighted by Crippen LogP contribution is -2.36. The van der Waals surface area contributed by atoms with Gasteiger partial charge in [0.25, 0.3) is 10.1 Å². The molecular weight excluding hydrogens is 562 g/mol. The van der Waals surface area contributed by atoms with Crippen LogP contribution < -0.4 is 20.3 Å². The SMILES string of the molecule is CC(C)(C)OC(=O)NCCOc1ccc(-c2ccnc(Nc3ccc(N4CCOCC4)c(COS(C)(=O)=O)c3)n2)cc1. The number of alkyl carbamates (subject to hydrolysis) is 1. The molecule has 226 valence electrons. The molecule has 2 N–H and O–H groups in total. The summed E-state index contributed by atoms with van der Waals surface area (Å²) in [4.78, 5) is 22.9. The van der Waals surface area contributed by atoms with Crippen LogP contribution in [0.5, 0.6) is 5.75 Å². The first-order valence-electron chi connectivity index (χ1n) is 13.6. The van der Waals surface area contributed by atoms with Crippen molar-refractivity contribution in [2.24, 2.45) is 0 Å². The highest BCUT2D eigenvalue weighted by molar-refractivity contribution is 7.85. The van der Waals surface area contributed by atoms with Gasteiger partial charge in [0.2, 0.25) is 5.95 Å². The molecule has 1 aliphatic rings. The predicted molar refractivity (Wildman–Crippen MR) is 160 cm³/mol. The predicted octanol–water partition coefficient (Wildman–Crippen LogP) is 4.10.